The van der Waals surface area contributed by atoms with E-state index in [4.69, 9.17) is 5.11 Å². The van der Waals surface area contributed by atoms with Crippen LogP contribution in [-0.4, -0.2) is 20.6 Å². The second kappa shape index (κ2) is 4.75. The first kappa shape index (κ1) is 13.1. The molecule has 0 amide bonds. The van der Waals surface area contributed by atoms with Gasteiger partial charge in [-0.05, 0) is 52.9 Å². The molecule has 1 heterocycles. The summed E-state index contributed by atoms with van der Waals surface area (Å²) in [5.41, 5.74) is 1.89. The van der Waals surface area contributed by atoms with Crippen LogP contribution in [0.1, 0.15) is 50.3 Å². The van der Waals surface area contributed by atoms with E-state index in [1.165, 1.54) is 24.2 Å². The molecule has 4 heteroatoms. The summed E-state index contributed by atoms with van der Waals surface area (Å²) in [6, 6.07) is 0. The molecule has 2 rings (SSSR count). The lowest BCUT2D eigenvalue weighted by molar-refractivity contribution is -0.147. The van der Waals surface area contributed by atoms with Crippen molar-refractivity contribution in [2.24, 2.45) is 5.41 Å². The SMILES string of the molecule is Cc1nc2c(n1CCC(C)(C)C(=O)O)CCCC2. The Labute approximate surface area is 108 Å². The van der Waals surface area contributed by atoms with E-state index in [-0.39, 0.29) is 0 Å². The highest BCUT2D eigenvalue weighted by molar-refractivity contribution is 5.73. The topological polar surface area (TPSA) is 55.1 Å². The molecule has 0 atom stereocenters. The molecule has 1 aliphatic carbocycles. The monoisotopic (exact) mass is 250 g/mol. The normalized spacial score (nSPS) is 15.5. The van der Waals surface area contributed by atoms with Crippen molar-refractivity contribution < 1.29 is 9.90 Å². The molecular weight excluding hydrogens is 228 g/mol. The van der Waals surface area contributed by atoms with Gasteiger partial charge in [-0.25, -0.2) is 4.98 Å². The summed E-state index contributed by atoms with van der Waals surface area (Å²) < 4.78 is 2.22. The van der Waals surface area contributed by atoms with Crippen molar-refractivity contribution in [2.45, 2.75) is 59.4 Å². The van der Waals surface area contributed by atoms with Gasteiger partial charge in [-0.1, -0.05) is 0 Å². The Balaban J connectivity index is 2.15. The van der Waals surface area contributed by atoms with Crippen LogP contribution >= 0.6 is 0 Å². The Kier molecular flexibility index (Phi) is 3.46. The maximum Gasteiger partial charge on any atom is 0.309 e. The summed E-state index contributed by atoms with van der Waals surface area (Å²) in [4.78, 5) is 15.7. The van der Waals surface area contributed by atoms with E-state index in [2.05, 4.69) is 9.55 Å². The van der Waals surface area contributed by atoms with Gasteiger partial charge in [0.2, 0.25) is 0 Å². The van der Waals surface area contributed by atoms with E-state index >= 15 is 0 Å². The first-order valence-corrected chi connectivity index (χ1v) is 6.70. The van der Waals surface area contributed by atoms with Gasteiger partial charge in [0, 0.05) is 12.2 Å². The standard InChI is InChI=1S/C14H22N2O2/c1-10-15-11-6-4-5-7-12(11)16(10)9-8-14(2,3)13(17)18/h4-9H2,1-3H3,(H,17,18). The van der Waals surface area contributed by atoms with Crippen molar-refractivity contribution in [1.82, 2.24) is 9.55 Å². The number of imidazole rings is 1. The largest absolute Gasteiger partial charge is 0.481 e. The average Bonchev–Trinajstić information content (AvgIpc) is 2.62. The lowest BCUT2D eigenvalue weighted by Crippen LogP contribution is -2.26. The van der Waals surface area contributed by atoms with E-state index in [0.717, 1.165) is 25.2 Å². The van der Waals surface area contributed by atoms with Gasteiger partial charge in [-0.3, -0.25) is 4.79 Å². The number of fused-ring (bicyclic) bond motifs is 1. The number of aliphatic carboxylic acids is 1. The van der Waals surface area contributed by atoms with Crippen molar-refractivity contribution in [3.05, 3.63) is 17.2 Å². The molecule has 0 radical (unpaired) electrons. The molecule has 18 heavy (non-hydrogen) atoms. The second-order valence-electron chi connectivity index (χ2n) is 5.85. The van der Waals surface area contributed by atoms with Crippen LogP contribution in [0.5, 0.6) is 0 Å². The lowest BCUT2D eigenvalue weighted by Gasteiger charge is -2.21. The number of aromatic nitrogens is 2. The molecule has 1 aromatic rings. The highest BCUT2D eigenvalue weighted by Gasteiger charge is 2.28. The summed E-state index contributed by atoms with van der Waals surface area (Å²) in [5, 5.41) is 9.15. The second-order valence-corrected chi connectivity index (χ2v) is 5.85. The number of carboxylic acids is 1. The number of hydrogen-bond acceptors (Lipinski definition) is 2. The highest BCUT2D eigenvalue weighted by atomic mass is 16.4. The third kappa shape index (κ3) is 2.42. The summed E-state index contributed by atoms with van der Waals surface area (Å²) in [7, 11) is 0. The van der Waals surface area contributed by atoms with Crippen LogP contribution < -0.4 is 0 Å². The van der Waals surface area contributed by atoms with Gasteiger partial charge < -0.3 is 9.67 Å². The van der Waals surface area contributed by atoms with Gasteiger partial charge in [0.25, 0.3) is 0 Å². The molecule has 100 valence electrons. The van der Waals surface area contributed by atoms with Crippen molar-refractivity contribution in [1.29, 1.82) is 0 Å². The van der Waals surface area contributed by atoms with Crippen LogP contribution in [0.25, 0.3) is 0 Å². The molecule has 0 saturated carbocycles. The molecule has 0 spiro atoms. The minimum Gasteiger partial charge on any atom is -0.481 e. The maximum absolute atomic E-state index is 11.1. The van der Waals surface area contributed by atoms with Gasteiger partial charge in [0.1, 0.15) is 5.82 Å². The molecule has 0 aliphatic heterocycles. The van der Waals surface area contributed by atoms with Gasteiger partial charge in [-0.2, -0.15) is 0 Å². The van der Waals surface area contributed by atoms with Gasteiger partial charge in [-0.15, -0.1) is 0 Å². The molecule has 1 aliphatic rings. The Morgan fingerprint density at radius 3 is 2.72 bits per heavy atom. The highest BCUT2D eigenvalue weighted by Crippen LogP contribution is 2.26. The van der Waals surface area contributed by atoms with Crippen LogP contribution in [-0.2, 0) is 24.2 Å². The first-order chi connectivity index (χ1) is 8.42. The van der Waals surface area contributed by atoms with Gasteiger partial charge >= 0.3 is 5.97 Å². The summed E-state index contributed by atoms with van der Waals surface area (Å²) in [5.74, 6) is 0.303. The van der Waals surface area contributed by atoms with Crippen LogP contribution in [0, 0.1) is 12.3 Å². The van der Waals surface area contributed by atoms with Crippen molar-refractivity contribution in [2.75, 3.05) is 0 Å². The van der Waals surface area contributed by atoms with Gasteiger partial charge in [0.15, 0.2) is 0 Å². The van der Waals surface area contributed by atoms with E-state index in [1.807, 2.05) is 6.92 Å². The van der Waals surface area contributed by atoms with Crippen LogP contribution in [0.3, 0.4) is 0 Å². The van der Waals surface area contributed by atoms with Gasteiger partial charge in [0.05, 0.1) is 11.1 Å². The fourth-order valence-electron chi connectivity index (χ4n) is 2.53. The molecule has 0 bridgehead atoms. The Hall–Kier alpha value is -1.32. The van der Waals surface area contributed by atoms with E-state index in [9.17, 15) is 4.79 Å². The van der Waals surface area contributed by atoms with Crippen molar-refractivity contribution in [3.63, 3.8) is 0 Å². The third-order valence-corrected chi connectivity index (χ3v) is 3.96. The van der Waals surface area contributed by atoms with E-state index in [1.54, 1.807) is 13.8 Å². The number of nitrogens with zero attached hydrogens (tertiary/aromatic N) is 2. The molecule has 0 aromatic carbocycles. The molecule has 4 nitrogen and oxygen atoms in total. The molecule has 0 unspecified atom stereocenters. The Morgan fingerprint density at radius 1 is 1.39 bits per heavy atom. The predicted octanol–water partition coefficient (Wildman–Crippen LogP) is 2.57. The minimum absolute atomic E-state index is 0.645. The maximum atomic E-state index is 11.1. The molecular formula is C14H22N2O2. The zero-order chi connectivity index (χ0) is 13.3. The summed E-state index contributed by atoms with van der Waals surface area (Å²) in [6.07, 6.45) is 5.26. The number of carboxylic acid groups (broad SMARTS) is 1. The Bertz CT molecular complexity index is 461. The lowest BCUT2D eigenvalue weighted by atomic mass is 9.89. The Morgan fingerprint density at radius 2 is 2.06 bits per heavy atom. The number of aryl methyl sites for hydroxylation is 2. The number of rotatable bonds is 4. The predicted molar refractivity (Wildman–Crippen MR) is 69.6 cm³/mol. The van der Waals surface area contributed by atoms with Crippen LogP contribution in [0.2, 0.25) is 0 Å². The smallest absolute Gasteiger partial charge is 0.309 e. The number of carbonyl (C=O) groups is 1. The van der Waals surface area contributed by atoms with Crippen LogP contribution in [0.15, 0.2) is 0 Å². The van der Waals surface area contributed by atoms with E-state index < -0.39 is 11.4 Å². The number of hydrogen-bond donors (Lipinski definition) is 1. The zero-order valence-electron chi connectivity index (χ0n) is 11.5. The van der Waals surface area contributed by atoms with Crippen LogP contribution in [0.4, 0.5) is 0 Å². The average molecular weight is 250 g/mol. The molecule has 0 saturated heterocycles. The van der Waals surface area contributed by atoms with Crippen molar-refractivity contribution in [3.8, 4) is 0 Å². The first-order valence-electron chi connectivity index (χ1n) is 6.70. The quantitative estimate of drug-likeness (QED) is 0.893. The third-order valence-electron chi connectivity index (χ3n) is 3.96. The fourth-order valence-corrected chi connectivity index (χ4v) is 2.53. The molecule has 1 N–H and O–H groups in total. The molecule has 0 fully saturated rings. The minimum atomic E-state index is -0.728. The summed E-state index contributed by atoms with van der Waals surface area (Å²) in [6.45, 7) is 6.35. The molecule has 1 aromatic heterocycles. The fraction of sp³-hybridized carbons (Fsp3) is 0.714. The van der Waals surface area contributed by atoms with Crippen molar-refractivity contribution >= 4 is 5.97 Å². The van der Waals surface area contributed by atoms with E-state index in [0.29, 0.717) is 6.42 Å². The zero-order valence-corrected chi connectivity index (χ0v) is 11.5. The summed E-state index contributed by atoms with van der Waals surface area (Å²) >= 11 is 0.